The molecule has 2 N–H and O–H groups in total. The van der Waals surface area contributed by atoms with Crippen LogP contribution in [0, 0.1) is 0 Å². The molecule has 0 saturated heterocycles. The lowest BCUT2D eigenvalue weighted by atomic mass is 10.4. The van der Waals surface area contributed by atoms with Crippen LogP contribution >= 0.6 is 0 Å². The van der Waals surface area contributed by atoms with Crippen LogP contribution in [0.1, 0.15) is 13.8 Å². The molecule has 5 heteroatoms. The average molecular weight is 144 g/mol. The Morgan fingerprint density at radius 1 is 1.40 bits per heavy atom. The van der Waals surface area contributed by atoms with Crippen LogP contribution in [0.5, 0.6) is 0 Å². The molecule has 0 unspecified atom stereocenters. The molecule has 0 bridgehead atoms. The van der Waals surface area contributed by atoms with E-state index in [1.54, 1.807) is 0 Å². The highest BCUT2D eigenvalue weighted by atomic mass is 16.4. The molecule has 0 aromatic heterocycles. The number of rotatable bonds is 2. The maximum atomic E-state index is 10.2. The van der Waals surface area contributed by atoms with Crippen molar-refractivity contribution in [3.05, 3.63) is 0 Å². The normalized spacial score (nSPS) is 10.8. The van der Waals surface area contributed by atoms with Gasteiger partial charge in [0, 0.05) is 6.92 Å². The lowest BCUT2D eigenvalue weighted by Crippen LogP contribution is -2.18. The highest BCUT2D eigenvalue weighted by Gasteiger charge is 2.00. The number of carbonyl (C=O) groups is 2. The first-order valence-corrected chi connectivity index (χ1v) is 2.58. The second-order valence-corrected chi connectivity index (χ2v) is 1.67. The summed E-state index contributed by atoms with van der Waals surface area (Å²) < 4.78 is 0. The number of carboxylic acids is 1. The van der Waals surface area contributed by atoms with Gasteiger partial charge in [-0.3, -0.25) is 4.79 Å². The van der Waals surface area contributed by atoms with Gasteiger partial charge < -0.3 is 5.11 Å². The summed E-state index contributed by atoms with van der Waals surface area (Å²) in [5.74, 6) is -1.53. The van der Waals surface area contributed by atoms with Gasteiger partial charge in [0.05, 0.1) is 0 Å². The third kappa shape index (κ3) is 3.59. The van der Waals surface area contributed by atoms with E-state index in [1.807, 2.05) is 5.43 Å². The van der Waals surface area contributed by atoms with E-state index in [4.69, 9.17) is 5.11 Å². The molecule has 0 aliphatic heterocycles. The highest BCUT2D eigenvalue weighted by molar-refractivity contribution is 6.34. The van der Waals surface area contributed by atoms with E-state index >= 15 is 0 Å². The van der Waals surface area contributed by atoms with Crippen molar-refractivity contribution in [1.29, 1.82) is 0 Å². The maximum Gasteiger partial charge on any atom is 0.351 e. The van der Waals surface area contributed by atoms with Gasteiger partial charge in [0.25, 0.3) is 0 Å². The molecular weight excluding hydrogens is 136 g/mol. The minimum atomic E-state index is -1.14. The summed E-state index contributed by atoms with van der Waals surface area (Å²) in [6.45, 7) is 2.54. The molecule has 10 heavy (non-hydrogen) atoms. The number of aliphatic carboxylic acids is 1. The van der Waals surface area contributed by atoms with Crippen LogP contribution in [-0.4, -0.2) is 22.7 Å². The quantitative estimate of drug-likeness (QED) is 0.408. The number of carboxylic acid groups (broad SMARTS) is 1. The maximum absolute atomic E-state index is 10.2. The Bertz CT molecular complexity index is 185. The van der Waals surface area contributed by atoms with Crippen molar-refractivity contribution in [2.45, 2.75) is 13.8 Å². The molecule has 1 amide bonds. The van der Waals surface area contributed by atoms with Gasteiger partial charge in [-0.15, -0.1) is 0 Å². The van der Waals surface area contributed by atoms with E-state index in [0.29, 0.717) is 0 Å². The lowest BCUT2D eigenvalue weighted by Gasteiger charge is -1.92. The molecule has 5 nitrogen and oxygen atoms in total. The summed E-state index contributed by atoms with van der Waals surface area (Å²) in [4.78, 5) is 20.2. The average Bonchev–Trinajstić information content (AvgIpc) is 1.82. The largest absolute Gasteiger partial charge is 0.477 e. The molecule has 0 rings (SSSR count). The molecule has 0 atom stereocenters. The van der Waals surface area contributed by atoms with Gasteiger partial charge in [0.2, 0.25) is 5.91 Å². The molecule has 0 radical (unpaired) electrons. The molecule has 0 aromatic rings. The standard InChI is InChI=1S/C5H8N2O3/c1-3(5(9)10)6-7-4(2)8/h1-2H3,(H,7,8)(H,9,10)/b6-3+. The van der Waals surface area contributed by atoms with Gasteiger partial charge in [-0.1, -0.05) is 0 Å². The molecular formula is C5H8N2O3. The number of nitrogens with zero attached hydrogens (tertiary/aromatic N) is 1. The van der Waals surface area contributed by atoms with Crippen LogP contribution in [0.15, 0.2) is 5.10 Å². The minimum absolute atomic E-state index is 0.143. The Hall–Kier alpha value is -1.39. The molecule has 0 heterocycles. The summed E-state index contributed by atoms with van der Waals surface area (Å²) >= 11 is 0. The van der Waals surface area contributed by atoms with Gasteiger partial charge in [-0.25, -0.2) is 10.2 Å². The van der Waals surface area contributed by atoms with Crippen molar-refractivity contribution in [1.82, 2.24) is 5.43 Å². The second kappa shape index (κ2) is 3.60. The van der Waals surface area contributed by atoms with E-state index in [9.17, 15) is 9.59 Å². The number of hydrazone groups is 1. The molecule has 0 saturated carbocycles. The van der Waals surface area contributed by atoms with Crippen LogP contribution < -0.4 is 5.43 Å². The van der Waals surface area contributed by atoms with Crippen LogP contribution in [0.3, 0.4) is 0 Å². The third-order valence-corrected chi connectivity index (χ3v) is 0.691. The van der Waals surface area contributed by atoms with Crippen LogP contribution in [0.25, 0.3) is 0 Å². The van der Waals surface area contributed by atoms with Crippen LogP contribution in [0.4, 0.5) is 0 Å². The van der Waals surface area contributed by atoms with E-state index < -0.39 is 5.97 Å². The predicted octanol–water partition coefficient (Wildman–Crippen LogP) is -0.417. The van der Waals surface area contributed by atoms with E-state index in [-0.39, 0.29) is 11.6 Å². The molecule has 56 valence electrons. The predicted molar refractivity (Wildman–Crippen MR) is 34.6 cm³/mol. The summed E-state index contributed by atoms with van der Waals surface area (Å²) in [7, 11) is 0. The van der Waals surface area contributed by atoms with Crippen molar-refractivity contribution in [2.75, 3.05) is 0 Å². The van der Waals surface area contributed by atoms with Crippen molar-refractivity contribution >= 4 is 17.6 Å². The Morgan fingerprint density at radius 3 is 2.20 bits per heavy atom. The van der Waals surface area contributed by atoms with Crippen molar-refractivity contribution in [3.63, 3.8) is 0 Å². The molecule has 0 fully saturated rings. The fraction of sp³-hybridized carbons (Fsp3) is 0.400. The summed E-state index contributed by atoms with van der Waals surface area (Å²) in [5, 5.41) is 11.5. The van der Waals surface area contributed by atoms with Crippen LogP contribution in [0.2, 0.25) is 0 Å². The molecule has 0 aromatic carbocycles. The lowest BCUT2D eigenvalue weighted by molar-refractivity contribution is -0.129. The van der Waals surface area contributed by atoms with E-state index in [2.05, 4.69) is 5.10 Å². The number of amides is 1. The molecule has 0 aliphatic carbocycles. The zero-order chi connectivity index (χ0) is 8.15. The van der Waals surface area contributed by atoms with Crippen molar-refractivity contribution in [2.24, 2.45) is 5.10 Å². The number of hydrogen-bond acceptors (Lipinski definition) is 3. The Labute approximate surface area is 57.7 Å². The van der Waals surface area contributed by atoms with E-state index in [0.717, 1.165) is 0 Å². The zero-order valence-corrected chi connectivity index (χ0v) is 5.71. The van der Waals surface area contributed by atoms with E-state index in [1.165, 1.54) is 13.8 Å². The summed E-state index contributed by atoms with van der Waals surface area (Å²) in [6, 6.07) is 0. The van der Waals surface area contributed by atoms with Gasteiger partial charge in [-0.2, -0.15) is 5.10 Å². The fourth-order valence-corrected chi connectivity index (χ4v) is 0.210. The number of nitrogens with one attached hydrogen (secondary N) is 1. The summed E-state index contributed by atoms with van der Waals surface area (Å²) in [5.41, 5.74) is 1.85. The highest BCUT2D eigenvalue weighted by Crippen LogP contribution is 1.73. The number of carbonyl (C=O) groups excluding carboxylic acids is 1. The summed E-state index contributed by atoms with van der Waals surface area (Å²) in [6.07, 6.45) is 0. The number of hydrogen-bond donors (Lipinski definition) is 2. The molecule has 0 spiro atoms. The first-order valence-electron chi connectivity index (χ1n) is 2.58. The topological polar surface area (TPSA) is 78.8 Å². The van der Waals surface area contributed by atoms with Gasteiger partial charge in [0.15, 0.2) is 0 Å². The van der Waals surface area contributed by atoms with Crippen molar-refractivity contribution in [3.8, 4) is 0 Å². The van der Waals surface area contributed by atoms with Crippen LogP contribution in [-0.2, 0) is 9.59 Å². The monoisotopic (exact) mass is 144 g/mol. The smallest absolute Gasteiger partial charge is 0.351 e. The first kappa shape index (κ1) is 8.61. The Morgan fingerprint density at radius 2 is 1.90 bits per heavy atom. The fourth-order valence-electron chi connectivity index (χ4n) is 0.210. The second-order valence-electron chi connectivity index (χ2n) is 1.67. The minimum Gasteiger partial charge on any atom is -0.477 e. The van der Waals surface area contributed by atoms with Gasteiger partial charge >= 0.3 is 5.97 Å². The van der Waals surface area contributed by atoms with Gasteiger partial charge in [0.1, 0.15) is 5.71 Å². The van der Waals surface area contributed by atoms with Gasteiger partial charge in [-0.05, 0) is 6.92 Å². The zero-order valence-electron chi connectivity index (χ0n) is 5.71. The molecule has 0 aliphatic rings. The van der Waals surface area contributed by atoms with Crippen molar-refractivity contribution < 1.29 is 14.7 Å². The Kier molecular flexibility index (Phi) is 3.10. The third-order valence-electron chi connectivity index (χ3n) is 0.691. The SMILES string of the molecule is CC(=O)N/N=C(\C)C(=O)O. The first-order chi connectivity index (χ1) is 4.54. The Balaban J connectivity index is 3.92.